The van der Waals surface area contributed by atoms with Crippen LogP contribution in [0.1, 0.15) is 11.3 Å². The highest BCUT2D eigenvalue weighted by Crippen LogP contribution is 2.25. The lowest BCUT2D eigenvalue weighted by Crippen LogP contribution is -2.18. The van der Waals surface area contributed by atoms with Crippen LogP contribution in [0, 0.1) is 11.3 Å². The Morgan fingerprint density at radius 3 is 2.67 bits per heavy atom. The summed E-state index contributed by atoms with van der Waals surface area (Å²) < 4.78 is 39.2. The summed E-state index contributed by atoms with van der Waals surface area (Å²) in [5, 5.41) is 17.1. The van der Waals surface area contributed by atoms with Crippen LogP contribution in [0.4, 0.5) is 13.2 Å². The van der Waals surface area contributed by atoms with Gasteiger partial charge in [0, 0.05) is 12.3 Å². The van der Waals surface area contributed by atoms with Gasteiger partial charge in [-0.15, -0.1) is 13.2 Å². The van der Waals surface area contributed by atoms with E-state index in [2.05, 4.69) is 9.72 Å². The summed E-state index contributed by atoms with van der Waals surface area (Å²) in [5.74, 6) is -0.663. The normalized spacial score (nSPS) is 10.9. The first-order valence-electron chi connectivity index (χ1n) is 3.72. The molecule has 0 amide bonds. The summed E-state index contributed by atoms with van der Waals surface area (Å²) in [4.78, 5) is 3.45. The minimum Gasteiger partial charge on any atom is -0.404 e. The van der Waals surface area contributed by atoms with E-state index in [4.69, 9.17) is 10.4 Å². The Morgan fingerprint density at radius 2 is 2.20 bits per heavy atom. The quantitative estimate of drug-likeness (QED) is 0.813. The first-order valence-corrected chi connectivity index (χ1v) is 3.72. The van der Waals surface area contributed by atoms with E-state index in [9.17, 15) is 13.2 Å². The van der Waals surface area contributed by atoms with Crippen molar-refractivity contribution in [2.24, 2.45) is 0 Å². The summed E-state index contributed by atoms with van der Waals surface area (Å²) in [6.45, 7) is -0.697. The largest absolute Gasteiger partial charge is 0.573 e. The molecule has 0 aliphatic heterocycles. The highest BCUT2D eigenvalue weighted by atomic mass is 19.4. The van der Waals surface area contributed by atoms with Crippen LogP contribution in [0.5, 0.6) is 5.75 Å². The van der Waals surface area contributed by atoms with E-state index >= 15 is 0 Å². The van der Waals surface area contributed by atoms with Crippen LogP contribution in [-0.4, -0.2) is 16.5 Å². The molecule has 0 spiro atoms. The molecule has 0 radical (unpaired) electrons. The smallest absolute Gasteiger partial charge is 0.404 e. The van der Waals surface area contributed by atoms with Crippen molar-refractivity contribution < 1.29 is 23.0 Å². The molecule has 0 atom stereocenters. The molecule has 1 aromatic heterocycles. The van der Waals surface area contributed by atoms with E-state index in [1.165, 1.54) is 0 Å². The molecule has 0 aliphatic rings. The molecule has 0 saturated heterocycles. The fourth-order valence-corrected chi connectivity index (χ4v) is 0.866. The number of hydrogen-bond acceptors (Lipinski definition) is 4. The molecule has 80 valence electrons. The zero-order valence-corrected chi connectivity index (χ0v) is 7.25. The van der Waals surface area contributed by atoms with Crippen molar-refractivity contribution in [1.29, 1.82) is 5.26 Å². The number of halogens is 3. The molecule has 4 nitrogen and oxygen atoms in total. The lowest BCUT2D eigenvalue weighted by atomic mass is 10.2. The molecule has 1 N–H and O–H groups in total. The topological polar surface area (TPSA) is 66.1 Å². The number of aliphatic hydroxyl groups excluding tert-OH is 1. The van der Waals surface area contributed by atoms with Gasteiger partial charge in [0.05, 0.1) is 12.2 Å². The van der Waals surface area contributed by atoms with Crippen molar-refractivity contribution >= 4 is 0 Å². The maximum atomic E-state index is 11.9. The van der Waals surface area contributed by atoms with Gasteiger partial charge in [0.1, 0.15) is 11.8 Å². The van der Waals surface area contributed by atoms with E-state index in [1.54, 1.807) is 6.07 Å². The molecule has 1 heterocycles. The number of pyridine rings is 1. The Balaban J connectivity index is 3.08. The summed E-state index contributed by atoms with van der Waals surface area (Å²) in [6.07, 6.45) is -3.82. The van der Waals surface area contributed by atoms with Gasteiger partial charge in [-0.2, -0.15) is 5.26 Å². The monoisotopic (exact) mass is 218 g/mol. The Hall–Kier alpha value is -1.81. The van der Waals surface area contributed by atoms with Crippen molar-refractivity contribution in [3.63, 3.8) is 0 Å². The average molecular weight is 218 g/mol. The lowest BCUT2D eigenvalue weighted by molar-refractivity contribution is -0.275. The van der Waals surface area contributed by atoms with Crippen molar-refractivity contribution in [3.05, 3.63) is 23.5 Å². The van der Waals surface area contributed by atoms with Gasteiger partial charge >= 0.3 is 6.36 Å². The number of aromatic nitrogens is 1. The molecule has 15 heavy (non-hydrogen) atoms. The molecular formula is C8H5F3N2O2. The van der Waals surface area contributed by atoms with Crippen molar-refractivity contribution in [1.82, 2.24) is 4.98 Å². The highest BCUT2D eigenvalue weighted by Gasteiger charge is 2.32. The second-order valence-electron chi connectivity index (χ2n) is 2.49. The van der Waals surface area contributed by atoms with Crippen molar-refractivity contribution in [3.8, 4) is 11.8 Å². The van der Waals surface area contributed by atoms with E-state index < -0.39 is 18.7 Å². The van der Waals surface area contributed by atoms with Crippen LogP contribution in [-0.2, 0) is 6.61 Å². The number of nitrogens with zero attached hydrogens (tertiary/aromatic N) is 2. The van der Waals surface area contributed by atoms with E-state index in [0.29, 0.717) is 0 Å². The predicted molar refractivity (Wildman–Crippen MR) is 41.6 cm³/mol. The van der Waals surface area contributed by atoms with Gasteiger partial charge in [0.15, 0.2) is 5.75 Å². The first-order chi connectivity index (χ1) is 6.96. The van der Waals surface area contributed by atoms with Gasteiger partial charge in [0.2, 0.25) is 0 Å². The molecule has 1 aromatic rings. The number of rotatable bonds is 2. The minimum absolute atomic E-state index is 0.0774. The molecular weight excluding hydrogens is 213 g/mol. The Kier molecular flexibility index (Phi) is 3.11. The number of nitriles is 1. The van der Waals surface area contributed by atoms with E-state index in [1.807, 2.05) is 0 Å². The summed E-state index contributed by atoms with van der Waals surface area (Å²) in [6, 6.07) is 2.48. The van der Waals surface area contributed by atoms with Gasteiger partial charge in [-0.1, -0.05) is 0 Å². The van der Waals surface area contributed by atoms with Crippen LogP contribution >= 0.6 is 0 Å². The Labute approximate surface area is 82.5 Å². The van der Waals surface area contributed by atoms with Crippen molar-refractivity contribution in [2.45, 2.75) is 13.0 Å². The van der Waals surface area contributed by atoms with Gasteiger partial charge < -0.3 is 9.84 Å². The van der Waals surface area contributed by atoms with Gasteiger partial charge in [-0.3, -0.25) is 4.98 Å². The van der Waals surface area contributed by atoms with Gasteiger partial charge in [-0.05, 0) is 0 Å². The summed E-state index contributed by atoms with van der Waals surface area (Å²) in [5.41, 5.74) is -0.349. The van der Waals surface area contributed by atoms with Crippen LogP contribution < -0.4 is 4.74 Å². The van der Waals surface area contributed by atoms with Gasteiger partial charge in [0.25, 0.3) is 0 Å². The zero-order valence-electron chi connectivity index (χ0n) is 7.25. The second-order valence-corrected chi connectivity index (χ2v) is 2.49. The fourth-order valence-electron chi connectivity index (χ4n) is 0.866. The van der Waals surface area contributed by atoms with Crippen LogP contribution in [0.15, 0.2) is 12.3 Å². The summed E-state index contributed by atoms with van der Waals surface area (Å²) in [7, 11) is 0. The molecule has 0 saturated carbocycles. The SMILES string of the molecule is N#Cc1cnc(CO)c(OC(F)(F)F)c1. The second kappa shape index (κ2) is 4.14. The number of aliphatic hydroxyl groups is 1. The molecule has 0 aromatic carbocycles. The van der Waals surface area contributed by atoms with E-state index in [0.717, 1.165) is 12.3 Å². The highest BCUT2D eigenvalue weighted by molar-refractivity contribution is 5.37. The third-order valence-corrected chi connectivity index (χ3v) is 1.44. The third kappa shape index (κ3) is 3.11. The van der Waals surface area contributed by atoms with Crippen LogP contribution in [0.3, 0.4) is 0 Å². The Bertz CT molecular complexity index is 398. The number of hydrogen-bond donors (Lipinski definition) is 1. The average Bonchev–Trinajstić information content (AvgIpc) is 2.15. The zero-order chi connectivity index (χ0) is 11.5. The third-order valence-electron chi connectivity index (χ3n) is 1.44. The Morgan fingerprint density at radius 1 is 1.53 bits per heavy atom. The maximum absolute atomic E-state index is 11.9. The minimum atomic E-state index is -4.88. The lowest BCUT2D eigenvalue weighted by Gasteiger charge is -2.11. The predicted octanol–water partition coefficient (Wildman–Crippen LogP) is 1.34. The fraction of sp³-hybridized carbons (Fsp3) is 0.250. The maximum Gasteiger partial charge on any atom is 0.573 e. The first kappa shape index (κ1) is 11.3. The van der Waals surface area contributed by atoms with E-state index in [-0.39, 0.29) is 11.3 Å². The van der Waals surface area contributed by atoms with Crippen LogP contribution in [0.25, 0.3) is 0 Å². The molecule has 0 aliphatic carbocycles. The molecule has 0 bridgehead atoms. The molecule has 0 fully saturated rings. The van der Waals surface area contributed by atoms with Gasteiger partial charge in [-0.25, -0.2) is 0 Å². The summed E-state index contributed by atoms with van der Waals surface area (Å²) >= 11 is 0. The molecule has 0 unspecified atom stereocenters. The van der Waals surface area contributed by atoms with Crippen molar-refractivity contribution in [2.75, 3.05) is 0 Å². The number of ether oxygens (including phenoxy) is 1. The van der Waals surface area contributed by atoms with Crippen LogP contribution in [0.2, 0.25) is 0 Å². The molecule has 7 heteroatoms. The standard InChI is InChI=1S/C8H5F3N2O2/c9-8(10,11)15-7-1-5(2-12)3-13-6(7)4-14/h1,3,14H,4H2. The number of alkyl halides is 3. The molecule has 1 rings (SSSR count).